The summed E-state index contributed by atoms with van der Waals surface area (Å²) in [6.07, 6.45) is 11.5. The number of benzene rings is 1. The standard InChI is InChI=1S/C22H27N3O3S/c1-5-11-23-22-25(24-14-16-9-7-6-8-10-16)18(15-29-22)17-12-19(26-2)21(28-4)20(13-17)27-3/h5-7,12-16H,1,8-11H2,2-4H3. The number of hydrogen-bond donors (Lipinski definition) is 0. The Morgan fingerprint density at radius 1 is 1.17 bits per heavy atom. The maximum atomic E-state index is 5.51. The summed E-state index contributed by atoms with van der Waals surface area (Å²) < 4.78 is 18.4. The number of nitrogens with zero attached hydrogens (tertiary/aromatic N) is 3. The van der Waals surface area contributed by atoms with E-state index in [1.165, 1.54) is 0 Å². The normalized spacial score (nSPS) is 16.9. The van der Waals surface area contributed by atoms with Gasteiger partial charge in [-0.2, -0.15) is 5.10 Å². The molecule has 1 aromatic carbocycles. The second-order valence-electron chi connectivity index (χ2n) is 6.57. The molecule has 0 aliphatic heterocycles. The van der Waals surface area contributed by atoms with Gasteiger partial charge in [-0.3, -0.25) is 4.99 Å². The second kappa shape index (κ2) is 10.1. The van der Waals surface area contributed by atoms with Crippen LogP contribution in [0.4, 0.5) is 0 Å². The lowest BCUT2D eigenvalue weighted by Crippen LogP contribution is -2.14. The number of rotatable bonds is 8. The van der Waals surface area contributed by atoms with E-state index in [1.54, 1.807) is 38.7 Å². The first kappa shape index (κ1) is 20.9. The number of hydrogen-bond acceptors (Lipinski definition) is 6. The van der Waals surface area contributed by atoms with Crippen LogP contribution in [0.1, 0.15) is 19.3 Å². The van der Waals surface area contributed by atoms with Crippen LogP contribution < -0.4 is 19.0 Å². The van der Waals surface area contributed by atoms with Crippen LogP contribution in [0.25, 0.3) is 11.3 Å². The van der Waals surface area contributed by atoms with Gasteiger partial charge in [-0.1, -0.05) is 18.2 Å². The van der Waals surface area contributed by atoms with Crippen LogP contribution in [0.2, 0.25) is 0 Å². The largest absolute Gasteiger partial charge is 0.493 e. The molecule has 1 unspecified atom stereocenters. The Balaban J connectivity index is 2.09. The molecule has 7 heteroatoms. The van der Waals surface area contributed by atoms with E-state index in [0.29, 0.717) is 29.7 Å². The summed E-state index contributed by atoms with van der Waals surface area (Å²) in [6.45, 7) is 4.30. The van der Waals surface area contributed by atoms with Crippen molar-refractivity contribution in [3.05, 3.63) is 47.1 Å². The topological polar surface area (TPSA) is 57.3 Å². The molecule has 1 aliphatic rings. The van der Waals surface area contributed by atoms with Gasteiger partial charge >= 0.3 is 0 Å². The maximum absolute atomic E-state index is 5.51. The van der Waals surface area contributed by atoms with Crippen molar-refractivity contribution in [1.29, 1.82) is 0 Å². The van der Waals surface area contributed by atoms with Crippen LogP contribution in [0.3, 0.4) is 0 Å². The predicted octanol–water partition coefficient (Wildman–Crippen LogP) is 4.52. The van der Waals surface area contributed by atoms with Crippen molar-refractivity contribution in [3.63, 3.8) is 0 Å². The van der Waals surface area contributed by atoms with E-state index >= 15 is 0 Å². The van der Waals surface area contributed by atoms with E-state index in [0.717, 1.165) is 35.3 Å². The zero-order chi connectivity index (χ0) is 20.6. The van der Waals surface area contributed by atoms with Crippen molar-refractivity contribution < 1.29 is 14.2 Å². The molecular weight excluding hydrogens is 386 g/mol. The molecule has 3 rings (SSSR count). The van der Waals surface area contributed by atoms with Crippen molar-refractivity contribution >= 4 is 17.6 Å². The van der Waals surface area contributed by atoms with Crippen LogP contribution in [-0.4, -0.2) is 38.8 Å². The van der Waals surface area contributed by atoms with E-state index < -0.39 is 0 Å². The first-order valence-corrected chi connectivity index (χ1v) is 10.4. The Labute approximate surface area is 175 Å². The van der Waals surface area contributed by atoms with Gasteiger partial charge in [-0.25, -0.2) is 4.68 Å². The Morgan fingerprint density at radius 2 is 1.93 bits per heavy atom. The minimum absolute atomic E-state index is 0.437. The first-order valence-electron chi connectivity index (χ1n) is 9.53. The third-order valence-electron chi connectivity index (χ3n) is 4.70. The van der Waals surface area contributed by atoms with Gasteiger partial charge in [0.1, 0.15) is 0 Å². The van der Waals surface area contributed by atoms with E-state index in [4.69, 9.17) is 19.3 Å². The highest BCUT2D eigenvalue weighted by atomic mass is 32.1. The molecule has 1 heterocycles. The zero-order valence-electron chi connectivity index (χ0n) is 17.1. The molecule has 0 saturated heterocycles. The van der Waals surface area contributed by atoms with Gasteiger partial charge < -0.3 is 14.2 Å². The van der Waals surface area contributed by atoms with Crippen molar-refractivity contribution in [3.8, 4) is 28.5 Å². The molecule has 1 aromatic heterocycles. The highest BCUT2D eigenvalue weighted by Crippen LogP contribution is 2.41. The monoisotopic (exact) mass is 413 g/mol. The highest BCUT2D eigenvalue weighted by molar-refractivity contribution is 7.07. The molecule has 1 atom stereocenters. The minimum atomic E-state index is 0.437. The van der Waals surface area contributed by atoms with E-state index in [1.807, 2.05) is 28.4 Å². The number of aromatic nitrogens is 1. The Morgan fingerprint density at radius 3 is 2.52 bits per heavy atom. The maximum Gasteiger partial charge on any atom is 0.206 e. The third kappa shape index (κ3) is 4.79. The fraction of sp³-hybridized carbons (Fsp3) is 0.364. The molecule has 6 nitrogen and oxygen atoms in total. The quantitative estimate of drug-likeness (QED) is 0.472. The molecule has 2 aromatic rings. The molecule has 0 amide bonds. The smallest absolute Gasteiger partial charge is 0.206 e. The number of methoxy groups -OCH3 is 3. The fourth-order valence-electron chi connectivity index (χ4n) is 3.20. The lowest BCUT2D eigenvalue weighted by atomic mass is 9.96. The SMILES string of the molecule is C=CCN=c1scc(-c2cc(OC)c(OC)c(OC)c2)n1N=CC1CC=CCC1. The molecule has 0 N–H and O–H groups in total. The molecule has 0 saturated carbocycles. The first-order chi connectivity index (χ1) is 14.2. The Hall–Kier alpha value is -2.80. The highest BCUT2D eigenvalue weighted by Gasteiger charge is 2.17. The summed E-state index contributed by atoms with van der Waals surface area (Å²) in [5.74, 6) is 2.21. The Bertz CT molecular complexity index is 947. The summed E-state index contributed by atoms with van der Waals surface area (Å²) in [5, 5.41) is 6.84. The molecule has 0 radical (unpaired) electrons. The summed E-state index contributed by atoms with van der Waals surface area (Å²) >= 11 is 1.54. The second-order valence-corrected chi connectivity index (χ2v) is 7.40. The van der Waals surface area contributed by atoms with Crippen LogP contribution in [-0.2, 0) is 0 Å². The van der Waals surface area contributed by atoms with Gasteiger partial charge in [-0.15, -0.1) is 17.9 Å². The van der Waals surface area contributed by atoms with E-state index in [2.05, 4.69) is 23.7 Å². The molecule has 0 fully saturated rings. The lowest BCUT2D eigenvalue weighted by Gasteiger charge is -2.15. The minimum Gasteiger partial charge on any atom is -0.493 e. The van der Waals surface area contributed by atoms with Crippen LogP contribution in [0.5, 0.6) is 17.2 Å². The van der Waals surface area contributed by atoms with Crippen molar-refractivity contribution in [2.75, 3.05) is 27.9 Å². The summed E-state index contributed by atoms with van der Waals surface area (Å²) in [7, 11) is 4.82. The molecule has 0 spiro atoms. The average molecular weight is 414 g/mol. The zero-order valence-corrected chi connectivity index (χ0v) is 17.9. The van der Waals surface area contributed by atoms with Gasteiger partial charge in [-0.05, 0) is 37.3 Å². The predicted molar refractivity (Wildman–Crippen MR) is 118 cm³/mol. The molecule has 1 aliphatic carbocycles. The van der Waals surface area contributed by atoms with Gasteiger partial charge in [0.25, 0.3) is 0 Å². The van der Waals surface area contributed by atoms with Crippen LogP contribution >= 0.6 is 11.3 Å². The van der Waals surface area contributed by atoms with Crippen molar-refractivity contribution in [2.45, 2.75) is 19.3 Å². The van der Waals surface area contributed by atoms with E-state index in [9.17, 15) is 0 Å². The summed E-state index contributed by atoms with van der Waals surface area (Å²) in [4.78, 5) is 5.42. The molecule has 29 heavy (non-hydrogen) atoms. The number of ether oxygens (including phenoxy) is 3. The van der Waals surface area contributed by atoms with Gasteiger partial charge in [0.05, 0.1) is 33.6 Å². The fourth-order valence-corrected chi connectivity index (χ4v) is 4.05. The average Bonchev–Trinajstić information content (AvgIpc) is 3.18. The number of thiazole rings is 1. The van der Waals surface area contributed by atoms with Crippen LogP contribution in [0.15, 0.2) is 52.4 Å². The van der Waals surface area contributed by atoms with Crippen molar-refractivity contribution in [1.82, 2.24) is 4.68 Å². The summed E-state index contributed by atoms with van der Waals surface area (Å²) in [6, 6.07) is 3.85. The number of allylic oxidation sites excluding steroid dienone is 2. The van der Waals surface area contributed by atoms with Gasteiger partial charge in [0.15, 0.2) is 11.5 Å². The molecule has 154 valence electrons. The van der Waals surface area contributed by atoms with Crippen LogP contribution in [0, 0.1) is 5.92 Å². The lowest BCUT2D eigenvalue weighted by molar-refractivity contribution is 0.324. The van der Waals surface area contributed by atoms with Gasteiger partial charge in [0.2, 0.25) is 10.6 Å². The molecule has 0 bridgehead atoms. The Kier molecular flexibility index (Phi) is 7.30. The van der Waals surface area contributed by atoms with E-state index in [-0.39, 0.29) is 0 Å². The van der Waals surface area contributed by atoms with Gasteiger partial charge in [0, 0.05) is 17.2 Å². The molecular formula is C22H27N3O3S. The summed E-state index contributed by atoms with van der Waals surface area (Å²) in [5.41, 5.74) is 1.83. The third-order valence-corrected chi connectivity index (χ3v) is 5.56. The van der Waals surface area contributed by atoms with Crippen molar-refractivity contribution in [2.24, 2.45) is 16.0 Å².